The summed E-state index contributed by atoms with van der Waals surface area (Å²) >= 11 is 6.25. The molecule has 0 unspecified atom stereocenters. The summed E-state index contributed by atoms with van der Waals surface area (Å²) in [7, 11) is 3.13. The van der Waals surface area contributed by atoms with Gasteiger partial charge in [-0.2, -0.15) is 0 Å². The Labute approximate surface area is 107 Å². The van der Waals surface area contributed by atoms with Crippen LogP contribution in [0.15, 0.2) is 12.1 Å². The molecule has 1 atom stereocenters. The van der Waals surface area contributed by atoms with Gasteiger partial charge < -0.3 is 20.9 Å². The lowest BCUT2D eigenvalue weighted by Crippen LogP contribution is -2.13. The number of halogens is 1. The van der Waals surface area contributed by atoms with Crippen molar-refractivity contribution in [3.63, 3.8) is 0 Å². The Bertz CT molecular complexity index is 372. The van der Waals surface area contributed by atoms with E-state index in [4.69, 9.17) is 32.5 Å². The summed E-state index contributed by atoms with van der Waals surface area (Å²) in [6.45, 7) is 0.624. The van der Waals surface area contributed by atoms with Gasteiger partial charge in [-0.25, -0.2) is 0 Å². The van der Waals surface area contributed by atoms with Gasteiger partial charge in [0.2, 0.25) is 0 Å². The molecule has 4 nitrogen and oxygen atoms in total. The molecule has 0 aromatic heterocycles. The second-order valence-corrected chi connectivity index (χ2v) is 4.12. The second kappa shape index (κ2) is 6.69. The van der Waals surface area contributed by atoms with Gasteiger partial charge >= 0.3 is 0 Å². The van der Waals surface area contributed by atoms with Gasteiger partial charge in [-0.3, -0.25) is 0 Å². The van der Waals surface area contributed by atoms with Crippen LogP contribution in [-0.4, -0.2) is 20.8 Å². The minimum Gasteiger partial charge on any atom is -0.493 e. The van der Waals surface area contributed by atoms with E-state index < -0.39 is 0 Å². The summed E-state index contributed by atoms with van der Waals surface area (Å²) in [5.41, 5.74) is 12.4. The first kappa shape index (κ1) is 14.1. The number of hydrogen-bond donors (Lipinski definition) is 2. The fraction of sp³-hybridized carbons (Fsp3) is 0.500. The van der Waals surface area contributed by atoms with Gasteiger partial charge in [0.1, 0.15) is 0 Å². The van der Waals surface area contributed by atoms with Gasteiger partial charge in [-0.1, -0.05) is 17.7 Å². The van der Waals surface area contributed by atoms with E-state index in [9.17, 15) is 0 Å². The molecular weight excluding hydrogens is 240 g/mol. The maximum atomic E-state index is 6.25. The van der Waals surface area contributed by atoms with E-state index in [0.717, 1.165) is 18.4 Å². The van der Waals surface area contributed by atoms with Crippen LogP contribution in [0.2, 0.25) is 5.02 Å². The summed E-state index contributed by atoms with van der Waals surface area (Å²) in [5, 5.41) is 0.511. The second-order valence-electron chi connectivity index (χ2n) is 3.74. The zero-order valence-corrected chi connectivity index (χ0v) is 11.0. The average molecular weight is 259 g/mol. The van der Waals surface area contributed by atoms with Gasteiger partial charge in [0.05, 0.1) is 19.2 Å². The van der Waals surface area contributed by atoms with Crippen LogP contribution in [0.25, 0.3) is 0 Å². The molecule has 1 rings (SSSR count). The van der Waals surface area contributed by atoms with Gasteiger partial charge in [0.15, 0.2) is 11.5 Å². The topological polar surface area (TPSA) is 70.5 Å². The van der Waals surface area contributed by atoms with Crippen molar-refractivity contribution in [1.82, 2.24) is 0 Å². The van der Waals surface area contributed by atoms with E-state index in [1.165, 1.54) is 0 Å². The first-order valence-electron chi connectivity index (χ1n) is 5.51. The number of ether oxygens (including phenoxy) is 2. The Morgan fingerprint density at radius 3 is 2.53 bits per heavy atom. The summed E-state index contributed by atoms with van der Waals surface area (Å²) in [4.78, 5) is 0. The van der Waals surface area contributed by atoms with Crippen molar-refractivity contribution in [3.8, 4) is 11.5 Å². The van der Waals surface area contributed by atoms with Crippen LogP contribution in [0.3, 0.4) is 0 Å². The number of methoxy groups -OCH3 is 2. The summed E-state index contributed by atoms with van der Waals surface area (Å²) in [6.07, 6.45) is 1.66. The third-order valence-electron chi connectivity index (χ3n) is 2.63. The Balaban J connectivity index is 3.01. The minimum absolute atomic E-state index is 0.133. The molecule has 5 heteroatoms. The molecule has 0 saturated carbocycles. The largest absolute Gasteiger partial charge is 0.493 e. The molecule has 4 N–H and O–H groups in total. The van der Waals surface area contributed by atoms with Crippen molar-refractivity contribution >= 4 is 11.6 Å². The molecule has 0 saturated heterocycles. The zero-order chi connectivity index (χ0) is 12.8. The molecule has 0 fully saturated rings. The van der Waals surface area contributed by atoms with Crippen molar-refractivity contribution in [3.05, 3.63) is 22.7 Å². The monoisotopic (exact) mass is 258 g/mol. The van der Waals surface area contributed by atoms with Crippen LogP contribution >= 0.6 is 11.6 Å². The van der Waals surface area contributed by atoms with Crippen molar-refractivity contribution < 1.29 is 9.47 Å². The van der Waals surface area contributed by atoms with Gasteiger partial charge in [0.25, 0.3) is 0 Å². The molecule has 0 spiro atoms. The van der Waals surface area contributed by atoms with Crippen LogP contribution in [0.1, 0.15) is 24.4 Å². The molecule has 0 amide bonds. The van der Waals surface area contributed by atoms with Crippen molar-refractivity contribution in [1.29, 1.82) is 0 Å². The third-order valence-corrected chi connectivity index (χ3v) is 3.02. The lowest BCUT2D eigenvalue weighted by Gasteiger charge is -2.17. The van der Waals surface area contributed by atoms with Crippen LogP contribution in [0.4, 0.5) is 0 Å². The van der Waals surface area contributed by atoms with E-state index in [2.05, 4.69) is 0 Å². The van der Waals surface area contributed by atoms with Gasteiger partial charge in [0, 0.05) is 6.04 Å². The Kier molecular flexibility index (Phi) is 5.55. The molecule has 0 radical (unpaired) electrons. The lowest BCUT2D eigenvalue weighted by molar-refractivity contribution is 0.354. The first-order valence-corrected chi connectivity index (χ1v) is 5.89. The van der Waals surface area contributed by atoms with Gasteiger partial charge in [-0.05, 0) is 31.0 Å². The average Bonchev–Trinajstić information content (AvgIpc) is 2.35. The number of rotatable bonds is 6. The molecule has 0 bridgehead atoms. The maximum Gasteiger partial charge on any atom is 0.179 e. The Morgan fingerprint density at radius 1 is 1.29 bits per heavy atom. The molecule has 0 heterocycles. The highest BCUT2D eigenvalue weighted by molar-refractivity contribution is 6.33. The standard InChI is InChI=1S/C12H19ClN2O2/c1-16-10-6-5-8(9(15)4-3-7-14)11(13)12(10)17-2/h5-6,9H,3-4,7,14-15H2,1-2H3/t9-/m1/s1. The summed E-state index contributed by atoms with van der Waals surface area (Å²) in [6, 6.07) is 3.54. The van der Waals surface area contributed by atoms with E-state index in [-0.39, 0.29) is 6.04 Å². The molecule has 17 heavy (non-hydrogen) atoms. The van der Waals surface area contributed by atoms with E-state index in [1.54, 1.807) is 14.2 Å². The van der Waals surface area contributed by atoms with E-state index in [1.807, 2.05) is 12.1 Å². The SMILES string of the molecule is COc1ccc([C@H](N)CCCN)c(Cl)c1OC. The van der Waals surface area contributed by atoms with Crippen LogP contribution in [0.5, 0.6) is 11.5 Å². The number of nitrogens with two attached hydrogens (primary N) is 2. The fourth-order valence-corrected chi connectivity index (χ4v) is 2.06. The highest BCUT2D eigenvalue weighted by Crippen LogP contribution is 2.39. The molecule has 0 aliphatic heterocycles. The minimum atomic E-state index is -0.133. The summed E-state index contributed by atoms with van der Waals surface area (Å²) in [5.74, 6) is 1.13. The van der Waals surface area contributed by atoms with Gasteiger partial charge in [-0.15, -0.1) is 0 Å². The lowest BCUT2D eigenvalue weighted by atomic mass is 10.0. The highest BCUT2D eigenvalue weighted by atomic mass is 35.5. The van der Waals surface area contributed by atoms with Crippen LogP contribution in [-0.2, 0) is 0 Å². The predicted molar refractivity (Wildman–Crippen MR) is 69.8 cm³/mol. The molecule has 0 aliphatic carbocycles. The normalized spacial score (nSPS) is 12.3. The predicted octanol–water partition coefficient (Wildman–Crippen LogP) is 2.10. The fourth-order valence-electron chi connectivity index (χ4n) is 1.68. The Morgan fingerprint density at radius 2 is 2.00 bits per heavy atom. The van der Waals surface area contributed by atoms with Crippen molar-refractivity contribution in [2.45, 2.75) is 18.9 Å². The van der Waals surface area contributed by atoms with E-state index in [0.29, 0.717) is 23.1 Å². The number of hydrogen-bond acceptors (Lipinski definition) is 4. The molecule has 0 aliphatic rings. The Hall–Kier alpha value is -0.970. The van der Waals surface area contributed by atoms with Crippen molar-refractivity contribution in [2.24, 2.45) is 11.5 Å². The molecule has 96 valence electrons. The quantitative estimate of drug-likeness (QED) is 0.820. The van der Waals surface area contributed by atoms with E-state index >= 15 is 0 Å². The molecule has 1 aromatic rings. The number of benzene rings is 1. The first-order chi connectivity index (χ1) is 8.15. The zero-order valence-electron chi connectivity index (χ0n) is 10.2. The third kappa shape index (κ3) is 3.25. The van der Waals surface area contributed by atoms with Crippen LogP contribution in [0, 0.1) is 0 Å². The highest BCUT2D eigenvalue weighted by Gasteiger charge is 2.17. The van der Waals surface area contributed by atoms with Crippen molar-refractivity contribution in [2.75, 3.05) is 20.8 Å². The smallest absolute Gasteiger partial charge is 0.179 e. The maximum absolute atomic E-state index is 6.25. The molecule has 1 aromatic carbocycles. The summed E-state index contributed by atoms with van der Waals surface area (Å²) < 4.78 is 10.4. The molecular formula is C12H19ClN2O2. The van der Waals surface area contributed by atoms with Crippen LogP contribution < -0.4 is 20.9 Å².